The lowest BCUT2D eigenvalue weighted by atomic mass is 10.0. The van der Waals surface area contributed by atoms with Gasteiger partial charge in [0.15, 0.2) is 0 Å². The number of hydrogen-bond acceptors (Lipinski definition) is 4. The van der Waals surface area contributed by atoms with Gasteiger partial charge in [0, 0.05) is 12.1 Å². The molecule has 0 saturated carbocycles. The summed E-state index contributed by atoms with van der Waals surface area (Å²) >= 11 is 0. The van der Waals surface area contributed by atoms with E-state index in [-0.39, 0.29) is 12.6 Å². The van der Waals surface area contributed by atoms with E-state index in [0.717, 1.165) is 11.1 Å². The number of hydrogen-bond donors (Lipinski definition) is 2. The topological polar surface area (TPSA) is 82.4 Å². The first-order chi connectivity index (χ1) is 8.72. The monoisotopic (exact) mass is 250 g/mol. The predicted molar refractivity (Wildman–Crippen MR) is 64.1 cm³/mol. The van der Waals surface area contributed by atoms with E-state index < -0.39 is 6.09 Å². The molecule has 18 heavy (non-hydrogen) atoms. The molecule has 0 spiro atoms. The number of rotatable bonds is 2. The molecule has 2 rings (SSSR count). The Balaban J connectivity index is 2.23. The summed E-state index contributed by atoms with van der Waals surface area (Å²) in [6, 6.07) is 7.29. The Kier molecular flexibility index (Phi) is 3.78. The summed E-state index contributed by atoms with van der Waals surface area (Å²) in [7, 11) is 0. The third kappa shape index (κ3) is 2.60. The first-order valence-electron chi connectivity index (χ1n) is 5.58. The lowest BCUT2D eigenvalue weighted by Crippen LogP contribution is -2.41. The SMILES string of the molecule is O=C(O)N1CCOC(c2ccccc2/C=N\O)C1. The van der Waals surface area contributed by atoms with Crippen molar-refractivity contribution >= 4 is 12.3 Å². The Bertz CT molecular complexity index is 461. The first kappa shape index (κ1) is 12.4. The molecule has 96 valence electrons. The second kappa shape index (κ2) is 5.50. The number of morpholine rings is 1. The number of carboxylic acid groups (broad SMARTS) is 1. The summed E-state index contributed by atoms with van der Waals surface area (Å²) in [6.07, 6.45) is 0.0407. The van der Waals surface area contributed by atoms with Crippen molar-refractivity contribution in [3.05, 3.63) is 35.4 Å². The Morgan fingerprint density at radius 1 is 1.50 bits per heavy atom. The molecule has 0 bridgehead atoms. The highest BCUT2D eigenvalue weighted by Gasteiger charge is 2.26. The molecule has 1 aliphatic heterocycles. The molecule has 1 amide bonds. The molecule has 6 nitrogen and oxygen atoms in total. The van der Waals surface area contributed by atoms with Crippen LogP contribution in [-0.2, 0) is 4.74 Å². The van der Waals surface area contributed by atoms with Crippen molar-refractivity contribution < 1.29 is 19.8 Å². The highest BCUT2D eigenvalue weighted by molar-refractivity contribution is 5.81. The molecule has 1 unspecified atom stereocenters. The van der Waals surface area contributed by atoms with E-state index in [0.29, 0.717) is 13.2 Å². The van der Waals surface area contributed by atoms with Gasteiger partial charge in [-0.2, -0.15) is 0 Å². The number of ether oxygens (including phenoxy) is 1. The van der Waals surface area contributed by atoms with Crippen molar-refractivity contribution in [2.24, 2.45) is 5.16 Å². The summed E-state index contributed by atoms with van der Waals surface area (Å²) in [6.45, 7) is 1.02. The van der Waals surface area contributed by atoms with Gasteiger partial charge in [-0.3, -0.25) is 0 Å². The minimum atomic E-state index is -0.948. The Labute approximate surface area is 104 Å². The van der Waals surface area contributed by atoms with Crippen LogP contribution in [0, 0.1) is 0 Å². The van der Waals surface area contributed by atoms with E-state index in [1.807, 2.05) is 18.2 Å². The van der Waals surface area contributed by atoms with E-state index in [4.69, 9.17) is 15.1 Å². The second-order valence-electron chi connectivity index (χ2n) is 3.96. The average molecular weight is 250 g/mol. The molecule has 1 atom stereocenters. The van der Waals surface area contributed by atoms with Crippen molar-refractivity contribution in [3.63, 3.8) is 0 Å². The smallest absolute Gasteiger partial charge is 0.407 e. The van der Waals surface area contributed by atoms with Gasteiger partial charge < -0.3 is 20.0 Å². The molecule has 1 aromatic rings. The van der Waals surface area contributed by atoms with Gasteiger partial charge in [-0.05, 0) is 5.56 Å². The van der Waals surface area contributed by atoms with Crippen molar-refractivity contribution in [1.29, 1.82) is 0 Å². The second-order valence-corrected chi connectivity index (χ2v) is 3.96. The van der Waals surface area contributed by atoms with Crippen LogP contribution < -0.4 is 0 Å². The molecule has 6 heteroatoms. The third-order valence-corrected chi connectivity index (χ3v) is 2.88. The first-order valence-corrected chi connectivity index (χ1v) is 5.58. The summed E-state index contributed by atoms with van der Waals surface area (Å²) < 4.78 is 5.58. The zero-order valence-electron chi connectivity index (χ0n) is 9.69. The van der Waals surface area contributed by atoms with E-state index in [1.165, 1.54) is 11.1 Å². The Morgan fingerprint density at radius 2 is 2.28 bits per heavy atom. The van der Waals surface area contributed by atoms with Gasteiger partial charge in [0.1, 0.15) is 6.10 Å². The molecule has 0 aliphatic carbocycles. The molecule has 2 N–H and O–H groups in total. The van der Waals surface area contributed by atoms with Crippen LogP contribution in [-0.4, -0.2) is 47.2 Å². The summed E-state index contributed by atoms with van der Waals surface area (Å²) in [4.78, 5) is 12.3. The molecule has 0 aromatic heterocycles. The van der Waals surface area contributed by atoms with Gasteiger partial charge in [0.05, 0.1) is 19.4 Å². The minimum absolute atomic E-state index is 0.283. The van der Waals surface area contributed by atoms with Crippen molar-refractivity contribution in [3.8, 4) is 0 Å². The fraction of sp³-hybridized carbons (Fsp3) is 0.333. The third-order valence-electron chi connectivity index (χ3n) is 2.88. The lowest BCUT2D eigenvalue weighted by Gasteiger charge is -2.31. The van der Waals surface area contributed by atoms with Gasteiger partial charge in [-0.25, -0.2) is 4.79 Å². The average Bonchev–Trinajstić information content (AvgIpc) is 2.40. The quantitative estimate of drug-likeness (QED) is 0.474. The minimum Gasteiger partial charge on any atom is -0.465 e. The number of amides is 1. The maximum Gasteiger partial charge on any atom is 0.407 e. The van der Waals surface area contributed by atoms with Crippen LogP contribution in [0.25, 0.3) is 0 Å². The lowest BCUT2D eigenvalue weighted by molar-refractivity contribution is -0.0232. The molecule has 1 fully saturated rings. The summed E-state index contributed by atoms with van der Waals surface area (Å²) in [5, 5.41) is 20.6. The van der Waals surface area contributed by atoms with Gasteiger partial charge >= 0.3 is 6.09 Å². The van der Waals surface area contributed by atoms with Crippen molar-refractivity contribution in [1.82, 2.24) is 4.90 Å². The molecule has 1 aliphatic rings. The summed E-state index contributed by atoms with van der Waals surface area (Å²) in [5.41, 5.74) is 1.54. The van der Waals surface area contributed by atoms with Crippen LogP contribution in [0.1, 0.15) is 17.2 Å². The van der Waals surface area contributed by atoms with Crippen molar-refractivity contribution in [2.75, 3.05) is 19.7 Å². The highest BCUT2D eigenvalue weighted by atomic mass is 16.5. The Morgan fingerprint density at radius 3 is 3.00 bits per heavy atom. The number of nitrogens with zero attached hydrogens (tertiary/aromatic N) is 2. The van der Waals surface area contributed by atoms with E-state index >= 15 is 0 Å². The maximum absolute atomic E-state index is 10.9. The van der Waals surface area contributed by atoms with Crippen LogP contribution in [0.2, 0.25) is 0 Å². The standard InChI is InChI=1S/C12H14N2O4/c15-12(16)14-5-6-18-11(8-14)10-4-2-1-3-9(10)7-13-17/h1-4,7,11,17H,5-6,8H2,(H,15,16)/b13-7-. The van der Waals surface area contributed by atoms with Gasteiger partial charge in [0.25, 0.3) is 0 Å². The number of oxime groups is 1. The van der Waals surface area contributed by atoms with Gasteiger partial charge in [0.2, 0.25) is 0 Å². The maximum atomic E-state index is 10.9. The molecular weight excluding hydrogens is 236 g/mol. The largest absolute Gasteiger partial charge is 0.465 e. The summed E-state index contributed by atoms with van der Waals surface area (Å²) in [5.74, 6) is 0. The van der Waals surface area contributed by atoms with Crippen LogP contribution in [0.15, 0.2) is 29.4 Å². The van der Waals surface area contributed by atoms with Crippen LogP contribution in [0.3, 0.4) is 0 Å². The normalized spacial score (nSPS) is 20.2. The van der Waals surface area contributed by atoms with Crippen LogP contribution in [0.4, 0.5) is 4.79 Å². The van der Waals surface area contributed by atoms with Crippen LogP contribution >= 0.6 is 0 Å². The van der Waals surface area contributed by atoms with Crippen molar-refractivity contribution in [2.45, 2.75) is 6.10 Å². The van der Waals surface area contributed by atoms with E-state index in [1.54, 1.807) is 6.07 Å². The zero-order chi connectivity index (χ0) is 13.0. The molecule has 0 radical (unpaired) electrons. The Hall–Kier alpha value is -2.08. The van der Waals surface area contributed by atoms with Gasteiger partial charge in [-0.15, -0.1) is 0 Å². The zero-order valence-corrected chi connectivity index (χ0v) is 9.69. The number of carbonyl (C=O) groups is 1. The van der Waals surface area contributed by atoms with Crippen LogP contribution in [0.5, 0.6) is 0 Å². The predicted octanol–water partition coefficient (Wildman–Crippen LogP) is 1.55. The molecule has 1 saturated heterocycles. The molecular formula is C12H14N2O4. The van der Waals surface area contributed by atoms with E-state index in [9.17, 15) is 4.79 Å². The molecule has 1 heterocycles. The van der Waals surface area contributed by atoms with Gasteiger partial charge in [-0.1, -0.05) is 29.4 Å². The fourth-order valence-corrected chi connectivity index (χ4v) is 2.00. The molecule has 1 aromatic carbocycles. The fourth-order valence-electron chi connectivity index (χ4n) is 2.00. The highest BCUT2D eigenvalue weighted by Crippen LogP contribution is 2.24. The van der Waals surface area contributed by atoms with E-state index in [2.05, 4.69) is 5.16 Å². The number of benzene rings is 1.